The molecule has 2 unspecified atom stereocenters. The number of ether oxygens (including phenoxy) is 3. The summed E-state index contributed by atoms with van der Waals surface area (Å²) in [7, 11) is 0. The average Bonchev–Trinajstić information content (AvgIpc) is 3.20. The van der Waals surface area contributed by atoms with E-state index >= 15 is 0 Å². The molecule has 0 N–H and O–H groups in total. The fraction of sp³-hybridized carbons (Fsp3) is 0.941. The fourth-order valence-corrected chi connectivity index (χ4v) is 7.92. The second kappa shape index (κ2) is 46.4. The second-order valence-corrected chi connectivity index (χ2v) is 17.1. The number of unbranched alkanes of at least 4 members (excludes halogenated alkanes) is 22. The molecular weight excluding hydrogens is 723 g/mol. The molecule has 0 aliphatic rings. The summed E-state index contributed by atoms with van der Waals surface area (Å²) in [6.45, 7) is 15.3. The number of esters is 3. The van der Waals surface area contributed by atoms with Crippen molar-refractivity contribution in [1.29, 1.82) is 0 Å². The maximum Gasteiger partial charge on any atom is 0.308 e. The lowest BCUT2D eigenvalue weighted by Gasteiger charge is -2.22. The van der Waals surface area contributed by atoms with Gasteiger partial charge < -0.3 is 19.1 Å². The lowest BCUT2D eigenvalue weighted by atomic mass is 9.94. The summed E-state index contributed by atoms with van der Waals surface area (Å²) in [5.41, 5.74) is 0. The van der Waals surface area contributed by atoms with Crippen LogP contribution in [-0.2, 0) is 28.6 Å². The van der Waals surface area contributed by atoms with Crippen molar-refractivity contribution in [2.45, 2.75) is 260 Å². The summed E-state index contributed by atoms with van der Waals surface area (Å²) >= 11 is 0. The van der Waals surface area contributed by atoms with Crippen LogP contribution in [0.4, 0.5) is 0 Å². The third-order valence-corrected chi connectivity index (χ3v) is 11.7. The molecule has 0 aromatic heterocycles. The van der Waals surface area contributed by atoms with Gasteiger partial charge in [-0.1, -0.05) is 189 Å². The first-order chi connectivity index (χ1) is 27.9. The topological polar surface area (TPSA) is 82.1 Å². The highest BCUT2D eigenvalue weighted by atomic mass is 16.5. The summed E-state index contributed by atoms with van der Waals surface area (Å²) in [5.74, 6) is 0.117. The lowest BCUT2D eigenvalue weighted by molar-refractivity contribution is -0.150. The first kappa shape index (κ1) is 58.5. The van der Waals surface area contributed by atoms with Gasteiger partial charge in [0.15, 0.2) is 0 Å². The molecule has 0 saturated carbocycles. The van der Waals surface area contributed by atoms with Gasteiger partial charge in [0.05, 0.1) is 31.7 Å². The molecule has 0 bridgehead atoms. The van der Waals surface area contributed by atoms with Gasteiger partial charge >= 0.3 is 17.9 Å². The molecule has 0 fully saturated rings. The molecule has 7 heteroatoms. The number of hydrogen-bond acceptors (Lipinski definition) is 7. The molecule has 58 heavy (non-hydrogen) atoms. The highest BCUT2D eigenvalue weighted by molar-refractivity contribution is 5.72. The normalized spacial score (nSPS) is 12.3. The van der Waals surface area contributed by atoms with Crippen molar-refractivity contribution in [2.75, 3.05) is 39.5 Å². The molecule has 0 saturated heterocycles. The molecule has 0 heterocycles. The van der Waals surface area contributed by atoms with E-state index in [4.69, 9.17) is 14.2 Å². The molecule has 0 aromatic rings. The van der Waals surface area contributed by atoms with E-state index in [-0.39, 0.29) is 37.2 Å². The van der Waals surface area contributed by atoms with E-state index in [0.717, 1.165) is 129 Å². The maximum absolute atomic E-state index is 13.0. The Morgan fingerprint density at radius 1 is 0.379 bits per heavy atom. The monoisotopic (exact) mass is 824 g/mol. The van der Waals surface area contributed by atoms with Crippen molar-refractivity contribution in [3.05, 3.63) is 0 Å². The Bertz CT molecular complexity index is 823. The maximum atomic E-state index is 13.0. The number of rotatable bonds is 45. The zero-order valence-electron chi connectivity index (χ0n) is 38.8. The van der Waals surface area contributed by atoms with E-state index in [9.17, 15) is 14.4 Å². The first-order valence-electron chi connectivity index (χ1n) is 25.1. The van der Waals surface area contributed by atoms with Gasteiger partial charge in [-0.3, -0.25) is 14.4 Å². The van der Waals surface area contributed by atoms with E-state index in [1.54, 1.807) is 0 Å². The molecule has 2 atom stereocenters. The Hall–Kier alpha value is -1.63. The number of carbonyl (C=O) groups is 3. The van der Waals surface area contributed by atoms with E-state index < -0.39 is 0 Å². The standard InChI is InChI=1S/C50H97NO6.CH4/c1-6-11-15-19-21-29-38-46(36-27-17-13-8-3)49(53)56-44-33-25-23-31-41-51(43-35-40-48(52)55-10-5)42-32-24-26-34-45-57-50(54)47(37-28-18-14-9-4)39-30-22-20-16-12-7-2;/h46-47H,6-45H2,1-5H3;1H4. The zero-order chi connectivity index (χ0) is 41.9. The third-order valence-electron chi connectivity index (χ3n) is 11.7. The molecule has 0 rings (SSSR count). The van der Waals surface area contributed by atoms with Gasteiger partial charge in [0.1, 0.15) is 0 Å². The van der Waals surface area contributed by atoms with Gasteiger partial charge in [0.25, 0.3) is 0 Å². The van der Waals surface area contributed by atoms with Crippen molar-refractivity contribution < 1.29 is 28.6 Å². The summed E-state index contributed by atoms with van der Waals surface area (Å²) in [4.78, 5) is 40.5. The molecule has 0 spiro atoms. The highest BCUT2D eigenvalue weighted by Gasteiger charge is 2.20. The predicted molar refractivity (Wildman–Crippen MR) is 248 cm³/mol. The van der Waals surface area contributed by atoms with Crippen molar-refractivity contribution in [3.8, 4) is 0 Å². The van der Waals surface area contributed by atoms with Crippen molar-refractivity contribution in [1.82, 2.24) is 4.90 Å². The van der Waals surface area contributed by atoms with Gasteiger partial charge in [-0.05, 0) is 84.3 Å². The minimum absolute atomic E-state index is 0. The van der Waals surface area contributed by atoms with Crippen LogP contribution in [0, 0.1) is 11.8 Å². The minimum Gasteiger partial charge on any atom is -0.466 e. The number of nitrogens with zero attached hydrogens (tertiary/aromatic N) is 1. The molecule has 346 valence electrons. The third kappa shape index (κ3) is 38.6. The molecule has 0 aliphatic carbocycles. The fourth-order valence-electron chi connectivity index (χ4n) is 7.92. The summed E-state index contributed by atoms with van der Waals surface area (Å²) < 4.78 is 16.8. The van der Waals surface area contributed by atoms with Crippen LogP contribution in [0.15, 0.2) is 0 Å². The Balaban J connectivity index is 0. The molecule has 7 nitrogen and oxygen atoms in total. The highest BCUT2D eigenvalue weighted by Crippen LogP contribution is 2.22. The van der Waals surface area contributed by atoms with E-state index in [1.165, 1.54) is 103 Å². The Kier molecular flexibility index (Phi) is 46.8. The van der Waals surface area contributed by atoms with E-state index in [0.29, 0.717) is 26.2 Å². The predicted octanol–water partition coefficient (Wildman–Crippen LogP) is 15.1. The van der Waals surface area contributed by atoms with Gasteiger partial charge in [-0.15, -0.1) is 0 Å². The molecule has 0 radical (unpaired) electrons. The second-order valence-electron chi connectivity index (χ2n) is 17.1. The lowest BCUT2D eigenvalue weighted by Crippen LogP contribution is -2.28. The Labute approximate surface area is 362 Å². The Morgan fingerprint density at radius 3 is 1.07 bits per heavy atom. The van der Waals surface area contributed by atoms with Crippen LogP contribution in [0.3, 0.4) is 0 Å². The van der Waals surface area contributed by atoms with Crippen molar-refractivity contribution in [3.63, 3.8) is 0 Å². The van der Waals surface area contributed by atoms with Gasteiger partial charge in [0.2, 0.25) is 0 Å². The van der Waals surface area contributed by atoms with Crippen LogP contribution >= 0.6 is 0 Å². The van der Waals surface area contributed by atoms with E-state index in [2.05, 4.69) is 32.6 Å². The van der Waals surface area contributed by atoms with Gasteiger partial charge in [0, 0.05) is 6.42 Å². The quantitative estimate of drug-likeness (QED) is 0.0344. The minimum atomic E-state index is -0.105. The molecule has 0 aliphatic heterocycles. The number of carbonyl (C=O) groups excluding carboxylic acids is 3. The average molecular weight is 824 g/mol. The van der Waals surface area contributed by atoms with Crippen LogP contribution in [-0.4, -0.2) is 62.3 Å². The van der Waals surface area contributed by atoms with Crippen LogP contribution in [0.5, 0.6) is 0 Å². The summed E-state index contributed by atoms with van der Waals surface area (Å²) in [6, 6.07) is 0. The van der Waals surface area contributed by atoms with Gasteiger partial charge in [-0.2, -0.15) is 0 Å². The summed E-state index contributed by atoms with van der Waals surface area (Å²) in [6.07, 6.45) is 38.4. The number of hydrogen-bond donors (Lipinski definition) is 0. The molecule has 0 amide bonds. The first-order valence-corrected chi connectivity index (χ1v) is 25.1. The Morgan fingerprint density at radius 2 is 0.690 bits per heavy atom. The summed E-state index contributed by atoms with van der Waals surface area (Å²) in [5, 5.41) is 0. The molecular formula is C51H101NO6. The van der Waals surface area contributed by atoms with Gasteiger partial charge in [-0.25, -0.2) is 0 Å². The van der Waals surface area contributed by atoms with Crippen LogP contribution in [0.1, 0.15) is 260 Å². The van der Waals surface area contributed by atoms with Crippen LogP contribution in [0.2, 0.25) is 0 Å². The van der Waals surface area contributed by atoms with Crippen LogP contribution in [0.25, 0.3) is 0 Å². The molecule has 0 aromatic carbocycles. The van der Waals surface area contributed by atoms with Crippen molar-refractivity contribution in [2.24, 2.45) is 11.8 Å². The van der Waals surface area contributed by atoms with Crippen molar-refractivity contribution >= 4 is 17.9 Å². The largest absolute Gasteiger partial charge is 0.466 e. The smallest absolute Gasteiger partial charge is 0.308 e. The van der Waals surface area contributed by atoms with E-state index in [1.807, 2.05) is 6.92 Å². The SMILES string of the molecule is C.CCCCCCCCC(CCCCCC)C(=O)OCCCCCCN(CCCCCCOC(=O)C(CCCCCC)CCCCCCCC)CCCC(=O)OCC. The zero-order valence-corrected chi connectivity index (χ0v) is 38.8. The van der Waals surface area contributed by atoms with Crippen LogP contribution < -0.4 is 0 Å².